The Bertz CT molecular complexity index is 374. The summed E-state index contributed by atoms with van der Waals surface area (Å²) >= 11 is 0. The Morgan fingerprint density at radius 2 is 2.12 bits per heavy atom. The van der Waals surface area contributed by atoms with Crippen LogP contribution in [0.25, 0.3) is 0 Å². The van der Waals surface area contributed by atoms with E-state index in [1.807, 2.05) is 19.2 Å². The van der Waals surface area contributed by atoms with Crippen molar-refractivity contribution < 1.29 is 9.13 Å². The summed E-state index contributed by atoms with van der Waals surface area (Å²) in [6, 6.07) is 6.83. The average molecular weight is 237 g/mol. The van der Waals surface area contributed by atoms with Crippen molar-refractivity contribution in [3.63, 3.8) is 0 Å². The van der Waals surface area contributed by atoms with Gasteiger partial charge in [0.2, 0.25) is 0 Å². The topological polar surface area (TPSA) is 21.3 Å². The van der Waals surface area contributed by atoms with E-state index >= 15 is 0 Å². The van der Waals surface area contributed by atoms with E-state index in [9.17, 15) is 4.39 Å². The van der Waals surface area contributed by atoms with Gasteiger partial charge in [-0.05, 0) is 39.3 Å². The van der Waals surface area contributed by atoms with Crippen LogP contribution in [0.1, 0.15) is 37.8 Å². The van der Waals surface area contributed by atoms with Gasteiger partial charge in [0.15, 0.2) is 0 Å². The van der Waals surface area contributed by atoms with Crippen LogP contribution >= 0.6 is 0 Å². The van der Waals surface area contributed by atoms with E-state index in [2.05, 4.69) is 12.2 Å². The van der Waals surface area contributed by atoms with Gasteiger partial charge in [0, 0.05) is 12.2 Å². The molecule has 0 amide bonds. The molecule has 94 valence electrons. The summed E-state index contributed by atoms with van der Waals surface area (Å²) in [6.07, 6.45) is 3.21. The Kier molecular flexibility index (Phi) is 3.79. The molecule has 1 fully saturated rings. The molecule has 1 aliphatic rings. The minimum Gasteiger partial charge on any atom is -0.373 e. The molecule has 17 heavy (non-hydrogen) atoms. The van der Waals surface area contributed by atoms with Crippen molar-refractivity contribution >= 4 is 0 Å². The third-order valence-corrected chi connectivity index (χ3v) is 3.61. The molecular formula is C14H20FNO. The Morgan fingerprint density at radius 1 is 1.35 bits per heavy atom. The van der Waals surface area contributed by atoms with E-state index in [0.29, 0.717) is 5.56 Å². The summed E-state index contributed by atoms with van der Waals surface area (Å²) in [6.45, 7) is 2.84. The van der Waals surface area contributed by atoms with Crippen LogP contribution in [0.4, 0.5) is 4.39 Å². The molecule has 2 rings (SSSR count). The van der Waals surface area contributed by atoms with Crippen molar-refractivity contribution in [3.8, 4) is 0 Å². The van der Waals surface area contributed by atoms with Gasteiger partial charge in [-0.25, -0.2) is 4.39 Å². The summed E-state index contributed by atoms with van der Waals surface area (Å²) in [5.74, 6) is -0.165. The van der Waals surface area contributed by atoms with E-state index in [-0.39, 0.29) is 17.5 Å². The predicted molar refractivity (Wildman–Crippen MR) is 66.4 cm³/mol. The van der Waals surface area contributed by atoms with Gasteiger partial charge in [-0.15, -0.1) is 0 Å². The van der Waals surface area contributed by atoms with Crippen molar-refractivity contribution in [3.05, 3.63) is 35.6 Å². The van der Waals surface area contributed by atoms with Crippen molar-refractivity contribution in [1.82, 2.24) is 5.32 Å². The first-order valence-electron chi connectivity index (χ1n) is 6.23. The average Bonchev–Trinajstić information content (AvgIpc) is 2.33. The molecule has 1 heterocycles. The van der Waals surface area contributed by atoms with Crippen LogP contribution in [0.5, 0.6) is 0 Å². The number of halogens is 1. The van der Waals surface area contributed by atoms with Gasteiger partial charge in [0.05, 0.1) is 11.6 Å². The lowest BCUT2D eigenvalue weighted by atomic mass is 9.84. The molecule has 0 aliphatic carbocycles. The Morgan fingerprint density at radius 3 is 2.71 bits per heavy atom. The van der Waals surface area contributed by atoms with Gasteiger partial charge in [-0.2, -0.15) is 0 Å². The third kappa shape index (κ3) is 2.50. The van der Waals surface area contributed by atoms with Crippen LogP contribution in [0.15, 0.2) is 24.3 Å². The molecule has 0 aromatic heterocycles. The van der Waals surface area contributed by atoms with E-state index in [0.717, 1.165) is 25.9 Å². The number of hydrogen-bond acceptors (Lipinski definition) is 2. The maximum Gasteiger partial charge on any atom is 0.128 e. The Balaban J connectivity index is 2.29. The summed E-state index contributed by atoms with van der Waals surface area (Å²) in [5.41, 5.74) is 0.384. The zero-order chi connectivity index (χ0) is 12.3. The number of rotatable bonds is 3. The van der Waals surface area contributed by atoms with Gasteiger partial charge in [-0.3, -0.25) is 0 Å². The molecule has 1 aromatic carbocycles. The van der Waals surface area contributed by atoms with Crippen LogP contribution in [-0.2, 0) is 4.74 Å². The first-order chi connectivity index (χ1) is 8.17. The number of nitrogens with one attached hydrogen (secondary N) is 1. The summed E-state index contributed by atoms with van der Waals surface area (Å²) in [4.78, 5) is 0. The monoisotopic (exact) mass is 237 g/mol. The zero-order valence-electron chi connectivity index (χ0n) is 10.5. The highest BCUT2D eigenvalue weighted by atomic mass is 19.1. The molecular weight excluding hydrogens is 217 g/mol. The fourth-order valence-electron chi connectivity index (χ4n) is 2.68. The Labute approximate surface area is 102 Å². The molecule has 1 N–H and O–H groups in total. The van der Waals surface area contributed by atoms with Gasteiger partial charge in [-0.1, -0.05) is 18.2 Å². The standard InChI is InChI=1S/C14H20FNO/c1-14(9-5-6-10-17-14)13(16-2)11-7-3-4-8-12(11)15/h3-4,7-8,13,16H,5-6,9-10H2,1-2H3. The SMILES string of the molecule is CNC(c1ccccc1F)C1(C)CCCCO1. The molecule has 3 heteroatoms. The maximum absolute atomic E-state index is 13.9. The Hall–Kier alpha value is -0.930. The second-order valence-corrected chi connectivity index (χ2v) is 4.86. The van der Waals surface area contributed by atoms with Crippen LogP contribution in [-0.4, -0.2) is 19.3 Å². The fourth-order valence-corrected chi connectivity index (χ4v) is 2.68. The number of hydrogen-bond donors (Lipinski definition) is 1. The van der Waals surface area contributed by atoms with E-state index in [4.69, 9.17) is 4.74 Å². The minimum absolute atomic E-state index is 0.0935. The normalized spacial score (nSPS) is 26.8. The lowest BCUT2D eigenvalue weighted by Gasteiger charge is -2.40. The molecule has 1 saturated heterocycles. The number of likely N-dealkylation sites (N-methyl/N-ethyl adjacent to an activating group) is 1. The molecule has 0 radical (unpaired) electrons. The zero-order valence-corrected chi connectivity index (χ0v) is 10.5. The number of benzene rings is 1. The van der Waals surface area contributed by atoms with Crippen LogP contribution in [0, 0.1) is 5.82 Å². The van der Waals surface area contributed by atoms with Crippen LogP contribution in [0.3, 0.4) is 0 Å². The molecule has 1 aliphatic heterocycles. The molecule has 2 nitrogen and oxygen atoms in total. The summed E-state index contributed by atoms with van der Waals surface area (Å²) in [7, 11) is 1.86. The van der Waals surface area contributed by atoms with Crippen molar-refractivity contribution in [2.24, 2.45) is 0 Å². The molecule has 0 bridgehead atoms. The first kappa shape index (κ1) is 12.5. The minimum atomic E-state index is -0.310. The molecule has 0 saturated carbocycles. The quantitative estimate of drug-likeness (QED) is 0.872. The molecule has 1 aromatic rings. The van der Waals surface area contributed by atoms with Gasteiger partial charge in [0.1, 0.15) is 5.82 Å². The lowest BCUT2D eigenvalue weighted by Crippen LogP contribution is -2.45. The fraction of sp³-hybridized carbons (Fsp3) is 0.571. The van der Waals surface area contributed by atoms with Crippen molar-refractivity contribution in [2.75, 3.05) is 13.7 Å². The molecule has 0 spiro atoms. The molecule has 2 atom stereocenters. The van der Waals surface area contributed by atoms with E-state index < -0.39 is 0 Å². The largest absolute Gasteiger partial charge is 0.373 e. The van der Waals surface area contributed by atoms with Crippen LogP contribution < -0.4 is 5.32 Å². The number of ether oxygens (including phenoxy) is 1. The van der Waals surface area contributed by atoms with Crippen molar-refractivity contribution in [2.45, 2.75) is 37.8 Å². The second-order valence-electron chi connectivity index (χ2n) is 4.86. The summed E-state index contributed by atoms with van der Waals surface area (Å²) < 4.78 is 19.8. The van der Waals surface area contributed by atoms with Gasteiger partial charge < -0.3 is 10.1 Å². The van der Waals surface area contributed by atoms with Crippen molar-refractivity contribution in [1.29, 1.82) is 0 Å². The predicted octanol–water partition coefficient (Wildman–Crippen LogP) is 3.05. The van der Waals surface area contributed by atoms with E-state index in [1.54, 1.807) is 6.07 Å². The summed E-state index contributed by atoms with van der Waals surface area (Å²) in [5, 5.41) is 3.20. The van der Waals surface area contributed by atoms with Gasteiger partial charge >= 0.3 is 0 Å². The molecule has 2 unspecified atom stereocenters. The highest BCUT2D eigenvalue weighted by molar-refractivity contribution is 5.24. The van der Waals surface area contributed by atoms with E-state index in [1.165, 1.54) is 6.07 Å². The lowest BCUT2D eigenvalue weighted by molar-refractivity contribution is -0.0890. The first-order valence-corrected chi connectivity index (χ1v) is 6.23. The second kappa shape index (κ2) is 5.15. The smallest absolute Gasteiger partial charge is 0.128 e. The maximum atomic E-state index is 13.9. The highest BCUT2D eigenvalue weighted by Crippen LogP contribution is 2.37. The van der Waals surface area contributed by atoms with Crippen LogP contribution in [0.2, 0.25) is 0 Å². The third-order valence-electron chi connectivity index (χ3n) is 3.61. The highest BCUT2D eigenvalue weighted by Gasteiger charge is 2.37. The van der Waals surface area contributed by atoms with Gasteiger partial charge in [0.25, 0.3) is 0 Å².